The van der Waals surface area contributed by atoms with Gasteiger partial charge in [-0.15, -0.1) is 0 Å². The molecule has 7 heteroatoms. The minimum Gasteiger partial charge on any atom is -0.352 e. The zero-order valence-corrected chi connectivity index (χ0v) is 22.7. The van der Waals surface area contributed by atoms with Crippen LogP contribution in [0.3, 0.4) is 0 Å². The molecule has 0 amide bonds. The Balaban J connectivity index is 1.32. The third-order valence-corrected chi connectivity index (χ3v) is 7.07. The van der Waals surface area contributed by atoms with E-state index < -0.39 is 0 Å². The first-order valence-electron chi connectivity index (χ1n) is 13.4. The lowest BCUT2D eigenvalue weighted by molar-refractivity contribution is 0.631. The number of allylic oxidation sites excluding steroid dienone is 1. The van der Waals surface area contributed by atoms with Gasteiger partial charge in [-0.3, -0.25) is 15.1 Å². The van der Waals surface area contributed by atoms with E-state index in [1.807, 2.05) is 61.8 Å². The van der Waals surface area contributed by atoms with E-state index >= 15 is 0 Å². The van der Waals surface area contributed by atoms with Crippen LogP contribution in [0.15, 0.2) is 98.1 Å². The summed E-state index contributed by atoms with van der Waals surface area (Å²) in [7, 11) is 0. The van der Waals surface area contributed by atoms with Crippen LogP contribution in [0.25, 0.3) is 51.1 Å². The number of nitrogens with one attached hydrogen (secondary N) is 3. The number of hydrogen-bond donors (Lipinski definition) is 3. The number of aromatic nitrogens is 5. The lowest BCUT2D eigenvalue weighted by Gasteiger charge is -2.07. The van der Waals surface area contributed by atoms with Gasteiger partial charge in [-0.25, -0.2) is 4.39 Å². The average Bonchev–Trinajstić information content (AvgIpc) is 3.62. The van der Waals surface area contributed by atoms with Gasteiger partial charge < -0.3 is 10.3 Å². The second-order valence-electron chi connectivity index (χ2n) is 9.84. The van der Waals surface area contributed by atoms with E-state index in [2.05, 4.69) is 55.2 Å². The Hall–Kier alpha value is -5.14. The highest BCUT2D eigenvalue weighted by atomic mass is 19.1. The first-order valence-corrected chi connectivity index (χ1v) is 13.4. The molecule has 0 spiro atoms. The summed E-state index contributed by atoms with van der Waals surface area (Å²) >= 11 is 0. The molecule has 0 saturated heterocycles. The molecule has 4 aromatic heterocycles. The number of benzene rings is 2. The third-order valence-electron chi connectivity index (χ3n) is 7.07. The zero-order chi connectivity index (χ0) is 28.2. The number of aromatic amines is 2. The molecule has 2 aromatic carbocycles. The molecule has 0 atom stereocenters. The monoisotopic (exact) mass is 540 g/mol. The van der Waals surface area contributed by atoms with Gasteiger partial charge in [0.15, 0.2) is 0 Å². The molecule has 6 aromatic rings. The normalized spacial score (nSPS) is 12.3. The topological polar surface area (TPSA) is 82.3 Å². The fourth-order valence-corrected chi connectivity index (χ4v) is 4.97. The lowest BCUT2D eigenvalue weighted by atomic mass is 10.0. The zero-order valence-electron chi connectivity index (χ0n) is 22.7. The van der Waals surface area contributed by atoms with Crippen molar-refractivity contribution >= 4 is 28.6 Å². The molecule has 3 N–H and O–H groups in total. The number of H-pyrrole nitrogens is 2. The molecule has 0 radical (unpaired) electrons. The summed E-state index contributed by atoms with van der Waals surface area (Å²) in [5.74, 6) is -0.288. The van der Waals surface area contributed by atoms with Crippen LogP contribution in [0, 0.1) is 5.82 Å². The van der Waals surface area contributed by atoms with Gasteiger partial charge in [0.25, 0.3) is 0 Å². The van der Waals surface area contributed by atoms with Crippen LogP contribution in [0.5, 0.6) is 0 Å². The van der Waals surface area contributed by atoms with E-state index in [-0.39, 0.29) is 5.82 Å². The SMILES string of the molecule is C=C(/C=c1/c(-c2cc3c(-c4ccccc4F)cncc3[nH]2)n[nH]/c1=C/C)c1cncc(CNCc2ccccc2)c1. The van der Waals surface area contributed by atoms with Crippen molar-refractivity contribution in [1.29, 1.82) is 0 Å². The summed E-state index contributed by atoms with van der Waals surface area (Å²) in [6, 6.07) is 21.1. The Labute approximate surface area is 237 Å². The van der Waals surface area contributed by atoms with Gasteiger partial charge in [0, 0.05) is 53.4 Å². The van der Waals surface area contributed by atoms with Gasteiger partial charge in [0.2, 0.25) is 0 Å². The Morgan fingerprint density at radius 1 is 0.902 bits per heavy atom. The van der Waals surface area contributed by atoms with Crippen LogP contribution in [0.4, 0.5) is 4.39 Å². The van der Waals surface area contributed by atoms with Crippen molar-refractivity contribution in [2.45, 2.75) is 20.0 Å². The number of nitrogens with zero attached hydrogens (tertiary/aromatic N) is 3. The van der Waals surface area contributed by atoms with Crippen LogP contribution < -0.4 is 15.9 Å². The van der Waals surface area contributed by atoms with Crippen molar-refractivity contribution in [3.8, 4) is 22.5 Å². The van der Waals surface area contributed by atoms with Crippen molar-refractivity contribution in [2.75, 3.05) is 0 Å². The van der Waals surface area contributed by atoms with E-state index in [0.717, 1.165) is 61.7 Å². The largest absolute Gasteiger partial charge is 0.352 e. The molecule has 6 nitrogen and oxygen atoms in total. The second kappa shape index (κ2) is 11.5. The van der Waals surface area contributed by atoms with E-state index in [1.54, 1.807) is 24.5 Å². The molecular formula is C34H29FN6. The quantitative estimate of drug-likeness (QED) is 0.230. The van der Waals surface area contributed by atoms with Crippen LogP contribution in [-0.2, 0) is 13.1 Å². The van der Waals surface area contributed by atoms with Gasteiger partial charge in [-0.2, -0.15) is 5.10 Å². The smallest absolute Gasteiger partial charge is 0.131 e. The molecule has 41 heavy (non-hydrogen) atoms. The molecule has 0 unspecified atom stereocenters. The predicted molar refractivity (Wildman–Crippen MR) is 163 cm³/mol. The second-order valence-corrected chi connectivity index (χ2v) is 9.84. The van der Waals surface area contributed by atoms with Crippen molar-refractivity contribution in [3.05, 3.63) is 131 Å². The Morgan fingerprint density at radius 3 is 2.51 bits per heavy atom. The molecule has 0 aliphatic rings. The first kappa shape index (κ1) is 26.1. The number of pyridine rings is 2. The fourth-order valence-electron chi connectivity index (χ4n) is 4.97. The van der Waals surface area contributed by atoms with E-state index in [1.165, 1.54) is 11.6 Å². The lowest BCUT2D eigenvalue weighted by Crippen LogP contribution is -2.23. The van der Waals surface area contributed by atoms with Crippen LogP contribution in [-0.4, -0.2) is 25.1 Å². The Morgan fingerprint density at radius 2 is 1.68 bits per heavy atom. The Kier molecular flexibility index (Phi) is 7.34. The molecular weight excluding hydrogens is 511 g/mol. The number of fused-ring (bicyclic) bond motifs is 1. The van der Waals surface area contributed by atoms with Crippen LogP contribution in [0.1, 0.15) is 23.6 Å². The summed E-state index contributed by atoms with van der Waals surface area (Å²) in [5, 5.41) is 13.9. The van der Waals surface area contributed by atoms with Gasteiger partial charge in [-0.1, -0.05) is 61.2 Å². The first-order chi connectivity index (χ1) is 20.1. The molecule has 0 bridgehead atoms. The summed E-state index contributed by atoms with van der Waals surface area (Å²) < 4.78 is 14.6. The minimum absolute atomic E-state index is 0.288. The number of rotatable bonds is 8. The summed E-state index contributed by atoms with van der Waals surface area (Å²) in [5.41, 5.74) is 7.63. The number of hydrogen-bond acceptors (Lipinski definition) is 4. The Bertz CT molecular complexity index is 1970. The van der Waals surface area contributed by atoms with Gasteiger partial charge in [0.1, 0.15) is 11.5 Å². The van der Waals surface area contributed by atoms with Crippen LogP contribution in [0.2, 0.25) is 0 Å². The summed E-state index contributed by atoms with van der Waals surface area (Å²) in [4.78, 5) is 12.2. The minimum atomic E-state index is -0.288. The van der Waals surface area contributed by atoms with Gasteiger partial charge >= 0.3 is 0 Å². The maximum absolute atomic E-state index is 14.6. The molecule has 0 aliphatic carbocycles. The van der Waals surface area contributed by atoms with Crippen molar-refractivity contribution in [1.82, 2.24) is 30.5 Å². The summed E-state index contributed by atoms with van der Waals surface area (Å²) in [6.45, 7) is 7.79. The molecule has 6 rings (SSSR count). The highest BCUT2D eigenvalue weighted by Crippen LogP contribution is 2.31. The van der Waals surface area contributed by atoms with Crippen molar-refractivity contribution in [2.24, 2.45) is 0 Å². The third kappa shape index (κ3) is 5.48. The highest BCUT2D eigenvalue weighted by Gasteiger charge is 2.14. The van der Waals surface area contributed by atoms with E-state index in [0.29, 0.717) is 12.1 Å². The van der Waals surface area contributed by atoms with Gasteiger partial charge in [0.05, 0.1) is 22.8 Å². The van der Waals surface area contributed by atoms with Crippen LogP contribution >= 0.6 is 0 Å². The molecule has 0 fully saturated rings. The van der Waals surface area contributed by atoms with E-state index in [4.69, 9.17) is 0 Å². The fraction of sp³-hybridized carbons (Fsp3) is 0.0882. The molecule has 0 saturated carbocycles. The maximum Gasteiger partial charge on any atom is 0.131 e. The van der Waals surface area contributed by atoms with Crippen molar-refractivity contribution < 1.29 is 4.39 Å². The maximum atomic E-state index is 14.6. The molecule has 202 valence electrons. The van der Waals surface area contributed by atoms with Crippen molar-refractivity contribution in [3.63, 3.8) is 0 Å². The molecule has 0 aliphatic heterocycles. The highest BCUT2D eigenvalue weighted by molar-refractivity contribution is 5.97. The predicted octanol–water partition coefficient (Wildman–Crippen LogP) is 5.74. The number of halogens is 1. The molecule has 4 heterocycles. The summed E-state index contributed by atoms with van der Waals surface area (Å²) in [6.07, 6.45) is 11.1. The van der Waals surface area contributed by atoms with E-state index in [9.17, 15) is 4.39 Å². The van der Waals surface area contributed by atoms with Gasteiger partial charge in [-0.05, 0) is 53.5 Å². The average molecular weight is 541 g/mol. The standard InChI is InChI=1S/C34H29FN6/c1-3-31-28(13-22(2)25-14-24(18-37-19-25)17-36-16-23-9-5-4-6-10-23)34(41-40-31)32-15-27-29(20-38-21-33(27)39-32)26-11-7-8-12-30(26)35/h3-15,18-21,36,39-40H,2,16-17H2,1H3/b28-13+,31-3+.